The minimum absolute atomic E-state index is 0.0529. The standard InChI is InChI=1S/C13H10F3IN2O2/c1-2-8-10(17)12(20)19-11(18-8)7-5-3-4-6-9(7)21-13(14,15)16/h3-6H,2H2,1H3,(H,18,19,20). The maximum atomic E-state index is 12.4. The number of nitrogens with one attached hydrogen (secondary N) is 1. The van der Waals surface area contributed by atoms with E-state index in [0.717, 1.165) is 0 Å². The Morgan fingerprint density at radius 2 is 2.00 bits per heavy atom. The van der Waals surface area contributed by atoms with E-state index in [4.69, 9.17) is 0 Å². The molecule has 0 amide bonds. The molecule has 0 saturated heterocycles. The number of hydrogen-bond donors (Lipinski definition) is 1. The Morgan fingerprint density at radius 3 is 2.62 bits per heavy atom. The van der Waals surface area contributed by atoms with Crippen molar-refractivity contribution in [2.75, 3.05) is 0 Å². The van der Waals surface area contributed by atoms with Gasteiger partial charge in [-0.25, -0.2) is 4.98 Å². The van der Waals surface area contributed by atoms with Crippen molar-refractivity contribution in [3.8, 4) is 17.1 Å². The number of aryl methyl sites for hydroxylation is 1. The number of H-pyrrole nitrogens is 1. The third-order valence-corrected chi connectivity index (χ3v) is 3.75. The van der Waals surface area contributed by atoms with Crippen LogP contribution in [0.15, 0.2) is 29.1 Å². The van der Waals surface area contributed by atoms with E-state index >= 15 is 0 Å². The molecule has 0 fully saturated rings. The first-order valence-corrected chi connectivity index (χ1v) is 7.03. The molecule has 2 rings (SSSR count). The van der Waals surface area contributed by atoms with E-state index in [0.29, 0.717) is 15.7 Å². The van der Waals surface area contributed by atoms with Gasteiger partial charge in [0.25, 0.3) is 5.56 Å². The van der Waals surface area contributed by atoms with Gasteiger partial charge in [0, 0.05) is 0 Å². The van der Waals surface area contributed by atoms with Gasteiger partial charge in [-0.15, -0.1) is 13.2 Å². The maximum Gasteiger partial charge on any atom is 0.573 e. The van der Waals surface area contributed by atoms with Crippen LogP contribution in [0.4, 0.5) is 13.2 Å². The first kappa shape index (κ1) is 15.8. The van der Waals surface area contributed by atoms with E-state index < -0.39 is 12.1 Å². The summed E-state index contributed by atoms with van der Waals surface area (Å²) >= 11 is 1.85. The molecule has 0 atom stereocenters. The number of para-hydroxylation sites is 1. The zero-order valence-electron chi connectivity index (χ0n) is 10.8. The van der Waals surface area contributed by atoms with Crippen molar-refractivity contribution in [3.05, 3.63) is 43.9 Å². The Kier molecular flexibility index (Phi) is 4.55. The van der Waals surface area contributed by atoms with E-state index in [9.17, 15) is 18.0 Å². The second-order valence-corrected chi connectivity index (χ2v) is 5.15. The molecule has 1 N–H and O–H groups in total. The predicted octanol–water partition coefficient (Wildman–Crippen LogP) is 3.50. The van der Waals surface area contributed by atoms with Gasteiger partial charge < -0.3 is 9.72 Å². The maximum absolute atomic E-state index is 12.4. The van der Waals surface area contributed by atoms with Crippen LogP contribution in [-0.2, 0) is 6.42 Å². The van der Waals surface area contributed by atoms with Crippen LogP contribution < -0.4 is 10.3 Å². The van der Waals surface area contributed by atoms with Crippen molar-refractivity contribution < 1.29 is 17.9 Å². The van der Waals surface area contributed by atoms with Gasteiger partial charge in [0.05, 0.1) is 14.8 Å². The van der Waals surface area contributed by atoms with Gasteiger partial charge >= 0.3 is 6.36 Å². The zero-order chi connectivity index (χ0) is 15.6. The Morgan fingerprint density at radius 1 is 1.33 bits per heavy atom. The number of alkyl halides is 3. The molecule has 112 valence electrons. The number of ether oxygens (including phenoxy) is 1. The fraction of sp³-hybridized carbons (Fsp3) is 0.231. The zero-order valence-corrected chi connectivity index (χ0v) is 12.9. The van der Waals surface area contributed by atoms with E-state index in [-0.39, 0.29) is 16.9 Å². The normalized spacial score (nSPS) is 11.5. The van der Waals surface area contributed by atoms with Crippen LogP contribution in [-0.4, -0.2) is 16.3 Å². The lowest BCUT2D eigenvalue weighted by atomic mass is 10.2. The lowest BCUT2D eigenvalue weighted by Gasteiger charge is -2.13. The van der Waals surface area contributed by atoms with Crippen molar-refractivity contribution in [3.63, 3.8) is 0 Å². The highest BCUT2D eigenvalue weighted by atomic mass is 127. The predicted molar refractivity (Wildman–Crippen MR) is 79.1 cm³/mol. The largest absolute Gasteiger partial charge is 0.573 e. The molecule has 1 aromatic heterocycles. The van der Waals surface area contributed by atoms with Gasteiger partial charge in [-0.1, -0.05) is 19.1 Å². The van der Waals surface area contributed by atoms with Gasteiger partial charge in [0.2, 0.25) is 0 Å². The monoisotopic (exact) mass is 410 g/mol. The van der Waals surface area contributed by atoms with Crippen LogP contribution in [0.5, 0.6) is 5.75 Å². The average molecular weight is 410 g/mol. The summed E-state index contributed by atoms with van der Waals surface area (Å²) in [6, 6.07) is 5.54. The van der Waals surface area contributed by atoms with Gasteiger partial charge in [-0.3, -0.25) is 4.79 Å². The topological polar surface area (TPSA) is 55.0 Å². The summed E-state index contributed by atoms with van der Waals surface area (Å²) in [5.74, 6) is -0.353. The summed E-state index contributed by atoms with van der Waals surface area (Å²) in [4.78, 5) is 18.5. The summed E-state index contributed by atoms with van der Waals surface area (Å²) in [5, 5.41) is 0. The third kappa shape index (κ3) is 3.74. The molecule has 0 saturated carbocycles. The van der Waals surface area contributed by atoms with E-state index in [1.54, 1.807) is 6.07 Å². The van der Waals surface area contributed by atoms with Crippen molar-refractivity contribution in [2.45, 2.75) is 19.7 Å². The average Bonchev–Trinajstić information content (AvgIpc) is 2.40. The fourth-order valence-corrected chi connectivity index (χ4v) is 2.38. The van der Waals surface area contributed by atoms with Gasteiger partial charge in [0.15, 0.2) is 0 Å². The van der Waals surface area contributed by atoms with Gasteiger partial charge in [0.1, 0.15) is 11.6 Å². The highest BCUT2D eigenvalue weighted by Crippen LogP contribution is 2.31. The number of rotatable bonds is 3. The first-order valence-electron chi connectivity index (χ1n) is 5.95. The molecule has 0 aliphatic heterocycles. The van der Waals surface area contributed by atoms with Crippen LogP contribution in [0.3, 0.4) is 0 Å². The highest BCUT2D eigenvalue weighted by Gasteiger charge is 2.32. The summed E-state index contributed by atoms with van der Waals surface area (Å²) < 4.78 is 41.6. The molecular formula is C13H10F3IN2O2. The fourth-order valence-electron chi connectivity index (χ4n) is 1.74. The molecule has 1 heterocycles. The molecule has 0 bridgehead atoms. The van der Waals surface area contributed by atoms with Gasteiger partial charge in [-0.2, -0.15) is 0 Å². The molecule has 2 aromatic rings. The molecule has 4 nitrogen and oxygen atoms in total. The summed E-state index contributed by atoms with van der Waals surface area (Å²) in [6.45, 7) is 1.81. The van der Waals surface area contributed by atoms with E-state index in [2.05, 4.69) is 14.7 Å². The molecule has 1 aromatic carbocycles. The Bertz CT molecular complexity index is 713. The second-order valence-electron chi connectivity index (χ2n) is 4.07. The third-order valence-electron chi connectivity index (χ3n) is 2.63. The van der Waals surface area contributed by atoms with Crippen LogP contribution in [0.2, 0.25) is 0 Å². The number of nitrogens with zero attached hydrogens (tertiary/aromatic N) is 1. The summed E-state index contributed by atoms with van der Waals surface area (Å²) in [7, 11) is 0. The number of hydrogen-bond acceptors (Lipinski definition) is 3. The lowest BCUT2D eigenvalue weighted by molar-refractivity contribution is -0.274. The Hall–Kier alpha value is -1.58. The SMILES string of the molecule is CCc1nc(-c2ccccc2OC(F)(F)F)[nH]c(=O)c1I. The molecule has 0 aliphatic carbocycles. The van der Waals surface area contributed by atoms with E-state index in [1.165, 1.54) is 18.2 Å². The molecule has 0 unspecified atom stereocenters. The minimum Gasteiger partial charge on any atom is -0.405 e. The molecule has 0 aliphatic rings. The van der Waals surface area contributed by atoms with E-state index in [1.807, 2.05) is 29.5 Å². The highest BCUT2D eigenvalue weighted by molar-refractivity contribution is 14.1. The minimum atomic E-state index is -4.81. The van der Waals surface area contributed by atoms with Crippen LogP contribution in [0, 0.1) is 3.57 Å². The molecule has 21 heavy (non-hydrogen) atoms. The van der Waals surface area contributed by atoms with Crippen LogP contribution in [0.1, 0.15) is 12.6 Å². The van der Waals surface area contributed by atoms with Crippen molar-refractivity contribution in [1.82, 2.24) is 9.97 Å². The lowest BCUT2D eigenvalue weighted by Crippen LogP contribution is -2.19. The number of aromatic nitrogens is 2. The molecule has 8 heteroatoms. The van der Waals surface area contributed by atoms with Crippen molar-refractivity contribution in [1.29, 1.82) is 0 Å². The quantitative estimate of drug-likeness (QED) is 0.789. The molecule has 0 radical (unpaired) electrons. The summed E-state index contributed by atoms with van der Waals surface area (Å²) in [5.41, 5.74) is 0.216. The Labute approximate surface area is 131 Å². The number of benzene rings is 1. The van der Waals surface area contributed by atoms with Crippen molar-refractivity contribution in [2.24, 2.45) is 0 Å². The second kappa shape index (κ2) is 6.04. The molecular weight excluding hydrogens is 400 g/mol. The van der Waals surface area contributed by atoms with Gasteiger partial charge in [-0.05, 0) is 41.1 Å². The number of halogens is 4. The number of aromatic amines is 1. The first-order chi connectivity index (χ1) is 9.81. The summed E-state index contributed by atoms with van der Waals surface area (Å²) in [6.07, 6.45) is -4.31. The molecule has 0 spiro atoms. The van der Waals surface area contributed by atoms with Crippen LogP contribution >= 0.6 is 22.6 Å². The smallest absolute Gasteiger partial charge is 0.405 e. The van der Waals surface area contributed by atoms with Crippen molar-refractivity contribution >= 4 is 22.6 Å². The van der Waals surface area contributed by atoms with Crippen LogP contribution in [0.25, 0.3) is 11.4 Å². The Balaban J connectivity index is 2.57.